The summed E-state index contributed by atoms with van der Waals surface area (Å²) in [5.74, 6) is 0.674. The zero-order chi connectivity index (χ0) is 27.2. The predicted molar refractivity (Wildman–Crippen MR) is 132 cm³/mol. The number of methoxy groups -OCH3 is 1. The van der Waals surface area contributed by atoms with Gasteiger partial charge in [0.2, 0.25) is 0 Å². The number of nitrogens with zero attached hydrogens (tertiary/aromatic N) is 2. The van der Waals surface area contributed by atoms with Gasteiger partial charge < -0.3 is 9.84 Å². The van der Waals surface area contributed by atoms with Crippen molar-refractivity contribution in [3.05, 3.63) is 97.6 Å². The molecule has 0 unspecified atom stereocenters. The lowest BCUT2D eigenvalue weighted by molar-refractivity contribution is -0.376. The van der Waals surface area contributed by atoms with E-state index >= 15 is 0 Å². The Hall–Kier alpha value is -3.13. The molecular weight excluding hydrogens is 617 g/mol. The van der Waals surface area contributed by atoms with Crippen molar-refractivity contribution in [2.45, 2.75) is 24.4 Å². The Morgan fingerprint density at radius 1 is 0.946 bits per heavy atom. The molecule has 0 saturated carbocycles. The highest BCUT2D eigenvalue weighted by atomic mass is 127. The van der Waals surface area contributed by atoms with Gasteiger partial charge >= 0.3 is 12.4 Å². The molecule has 0 aliphatic rings. The van der Waals surface area contributed by atoms with E-state index in [0.29, 0.717) is 27.0 Å². The van der Waals surface area contributed by atoms with E-state index in [2.05, 4.69) is 4.98 Å². The maximum Gasteiger partial charge on any atom is 0.430 e. The largest absolute Gasteiger partial charge is 0.496 e. The summed E-state index contributed by atoms with van der Waals surface area (Å²) in [6, 6.07) is 14.8. The first kappa shape index (κ1) is 26.9. The molecule has 0 spiro atoms. The smallest absolute Gasteiger partial charge is 0.430 e. The lowest BCUT2D eigenvalue weighted by atomic mass is 9.92. The standard InChI is InChI=1S/C25H17F6IN2O3/c1-37-20-13-19-17(12-18(20)32)22(35)34(21(33-19)11-14-5-3-2-4-6-14)16-9-7-15(8-10-16)23(36,24(26,27)28)25(29,30)31/h2-10,12-13,36H,11H2,1H3. The normalized spacial score (nSPS) is 12.7. The fourth-order valence-corrected chi connectivity index (χ4v) is 4.58. The first-order chi connectivity index (χ1) is 17.3. The van der Waals surface area contributed by atoms with Gasteiger partial charge in [0.15, 0.2) is 0 Å². The molecule has 194 valence electrons. The van der Waals surface area contributed by atoms with Gasteiger partial charge in [-0.25, -0.2) is 4.98 Å². The molecule has 0 aliphatic carbocycles. The van der Waals surface area contributed by atoms with Crippen LogP contribution in [0.15, 0.2) is 71.5 Å². The second kappa shape index (κ2) is 9.63. The van der Waals surface area contributed by atoms with Crippen molar-refractivity contribution in [3.63, 3.8) is 0 Å². The van der Waals surface area contributed by atoms with Crippen molar-refractivity contribution < 1.29 is 36.2 Å². The molecule has 4 aromatic rings. The van der Waals surface area contributed by atoms with E-state index in [0.717, 1.165) is 22.3 Å². The monoisotopic (exact) mass is 634 g/mol. The van der Waals surface area contributed by atoms with Crippen molar-refractivity contribution in [2.75, 3.05) is 7.11 Å². The van der Waals surface area contributed by atoms with Crippen molar-refractivity contribution >= 4 is 33.5 Å². The SMILES string of the molecule is COc1cc2nc(Cc3ccccc3)n(-c3ccc(C(O)(C(F)(F)F)C(F)(F)F)cc3)c(=O)c2cc1I. The van der Waals surface area contributed by atoms with Gasteiger partial charge in [-0.1, -0.05) is 42.5 Å². The van der Waals surface area contributed by atoms with Gasteiger partial charge in [0, 0.05) is 18.1 Å². The third-order valence-corrected chi connectivity index (χ3v) is 6.62. The van der Waals surface area contributed by atoms with Crippen LogP contribution in [-0.2, 0) is 12.0 Å². The van der Waals surface area contributed by atoms with Crippen LogP contribution < -0.4 is 10.3 Å². The Bertz CT molecular complexity index is 1490. The molecule has 1 N–H and O–H groups in total. The van der Waals surface area contributed by atoms with Gasteiger partial charge in [0.05, 0.1) is 27.3 Å². The minimum atomic E-state index is -6.03. The van der Waals surface area contributed by atoms with Crippen LogP contribution in [0.2, 0.25) is 0 Å². The lowest BCUT2D eigenvalue weighted by Gasteiger charge is -2.32. The van der Waals surface area contributed by atoms with Gasteiger partial charge in [-0.3, -0.25) is 9.36 Å². The zero-order valence-corrected chi connectivity index (χ0v) is 21.0. The molecule has 0 fully saturated rings. The summed E-state index contributed by atoms with van der Waals surface area (Å²) in [7, 11) is 1.46. The number of aliphatic hydroxyl groups is 1. The molecule has 0 radical (unpaired) electrons. The van der Waals surface area contributed by atoms with Crippen LogP contribution in [0.4, 0.5) is 26.3 Å². The number of hydrogen-bond donors (Lipinski definition) is 1. The fraction of sp³-hybridized carbons (Fsp3) is 0.200. The molecule has 0 saturated heterocycles. The molecule has 5 nitrogen and oxygen atoms in total. The molecule has 0 aliphatic heterocycles. The summed E-state index contributed by atoms with van der Waals surface area (Å²) in [6.45, 7) is 0. The Kier molecular flexibility index (Phi) is 7.01. The van der Waals surface area contributed by atoms with Crippen LogP contribution in [0.25, 0.3) is 16.6 Å². The van der Waals surface area contributed by atoms with Crippen LogP contribution in [0.3, 0.4) is 0 Å². The number of rotatable bonds is 5. The van der Waals surface area contributed by atoms with E-state index in [-0.39, 0.29) is 23.3 Å². The Morgan fingerprint density at radius 2 is 1.54 bits per heavy atom. The molecule has 3 aromatic carbocycles. The maximum atomic E-state index is 13.6. The van der Waals surface area contributed by atoms with Gasteiger partial charge in [-0.05, 0) is 46.4 Å². The maximum absolute atomic E-state index is 13.6. The van der Waals surface area contributed by atoms with Gasteiger partial charge in [-0.2, -0.15) is 26.3 Å². The third kappa shape index (κ3) is 4.79. The number of ether oxygens (including phenoxy) is 1. The van der Waals surface area contributed by atoms with E-state index in [1.54, 1.807) is 36.4 Å². The minimum Gasteiger partial charge on any atom is -0.496 e. The van der Waals surface area contributed by atoms with E-state index in [4.69, 9.17) is 4.74 Å². The topological polar surface area (TPSA) is 64.3 Å². The lowest BCUT2D eigenvalue weighted by Crippen LogP contribution is -2.53. The summed E-state index contributed by atoms with van der Waals surface area (Å²) in [6.07, 6.45) is -11.9. The molecule has 1 aromatic heterocycles. The number of halogens is 7. The van der Waals surface area contributed by atoms with Gasteiger partial charge in [-0.15, -0.1) is 0 Å². The summed E-state index contributed by atoms with van der Waals surface area (Å²) in [4.78, 5) is 18.1. The van der Waals surface area contributed by atoms with Crippen LogP contribution in [0.5, 0.6) is 5.75 Å². The van der Waals surface area contributed by atoms with Crippen molar-refractivity contribution in [3.8, 4) is 11.4 Å². The summed E-state index contributed by atoms with van der Waals surface area (Å²) in [5.41, 5.74) is -6.03. The van der Waals surface area contributed by atoms with E-state index in [9.17, 15) is 36.2 Å². The Labute approximate surface area is 219 Å². The quantitative estimate of drug-likeness (QED) is 0.220. The first-order valence-electron chi connectivity index (χ1n) is 10.6. The molecule has 0 bridgehead atoms. The highest BCUT2D eigenvalue weighted by Crippen LogP contribution is 2.50. The number of benzene rings is 3. The first-order valence-corrected chi connectivity index (χ1v) is 11.7. The minimum absolute atomic E-state index is 0.0217. The Morgan fingerprint density at radius 3 is 2.08 bits per heavy atom. The van der Waals surface area contributed by atoms with Crippen LogP contribution in [-0.4, -0.2) is 34.1 Å². The van der Waals surface area contributed by atoms with Crippen LogP contribution >= 0.6 is 22.6 Å². The number of alkyl halides is 6. The predicted octanol–water partition coefficient (Wildman–Crippen LogP) is 5.90. The second-order valence-electron chi connectivity index (χ2n) is 8.09. The molecule has 0 amide bonds. The van der Waals surface area contributed by atoms with Gasteiger partial charge in [0.25, 0.3) is 11.2 Å². The summed E-state index contributed by atoms with van der Waals surface area (Å²) in [5, 5.41) is 9.87. The van der Waals surface area contributed by atoms with Crippen molar-refractivity contribution in [1.29, 1.82) is 0 Å². The van der Waals surface area contributed by atoms with E-state index < -0.39 is 29.1 Å². The average molecular weight is 634 g/mol. The number of hydrogen-bond acceptors (Lipinski definition) is 4. The van der Waals surface area contributed by atoms with E-state index in [1.807, 2.05) is 22.6 Å². The molecular formula is C25H17F6IN2O3. The third-order valence-electron chi connectivity index (χ3n) is 5.78. The van der Waals surface area contributed by atoms with Crippen LogP contribution in [0, 0.1) is 3.57 Å². The second-order valence-corrected chi connectivity index (χ2v) is 9.25. The zero-order valence-electron chi connectivity index (χ0n) is 18.9. The number of fused-ring (bicyclic) bond motifs is 1. The fourth-order valence-electron chi connectivity index (χ4n) is 3.89. The molecule has 1 heterocycles. The molecule has 12 heteroatoms. The summed E-state index contributed by atoms with van der Waals surface area (Å²) < 4.78 is 86.9. The number of aromatic nitrogens is 2. The van der Waals surface area contributed by atoms with Crippen molar-refractivity contribution in [2.24, 2.45) is 0 Å². The van der Waals surface area contributed by atoms with E-state index in [1.165, 1.54) is 13.2 Å². The molecule has 37 heavy (non-hydrogen) atoms. The summed E-state index contributed by atoms with van der Waals surface area (Å²) >= 11 is 1.96. The van der Waals surface area contributed by atoms with Crippen molar-refractivity contribution in [1.82, 2.24) is 9.55 Å². The van der Waals surface area contributed by atoms with Crippen LogP contribution in [0.1, 0.15) is 17.0 Å². The highest BCUT2D eigenvalue weighted by Gasteiger charge is 2.71. The molecule has 0 atom stereocenters. The Balaban J connectivity index is 1.94. The highest BCUT2D eigenvalue weighted by molar-refractivity contribution is 14.1. The average Bonchev–Trinajstić information content (AvgIpc) is 2.83. The molecule has 4 rings (SSSR count). The van der Waals surface area contributed by atoms with Gasteiger partial charge in [0.1, 0.15) is 11.6 Å².